The number of imide groups is 1. The average molecular weight is 361 g/mol. The van der Waals surface area contributed by atoms with Crippen LogP contribution in [0.25, 0.3) is 10.8 Å². The van der Waals surface area contributed by atoms with Gasteiger partial charge in [0.25, 0.3) is 11.8 Å². The molecule has 0 aliphatic carbocycles. The quantitative estimate of drug-likeness (QED) is 0.845. The first-order valence-electron chi connectivity index (χ1n) is 6.60. The van der Waals surface area contributed by atoms with Gasteiger partial charge in [0.05, 0.1) is 5.69 Å². The van der Waals surface area contributed by atoms with Gasteiger partial charge in [-0.05, 0) is 23.6 Å². The fraction of sp³-hybridized carbons (Fsp3) is 0.133. The number of carbonyl (C=O) groups excluding carboxylic acids is 3. The van der Waals surface area contributed by atoms with Crippen molar-refractivity contribution in [3.05, 3.63) is 40.4 Å². The van der Waals surface area contributed by atoms with Crippen molar-refractivity contribution in [3.8, 4) is 0 Å². The number of alkyl carbamates (subject to hydrolysis) is 1. The molecular formula is C15H9BrN2O4. The molecule has 2 aliphatic heterocycles. The van der Waals surface area contributed by atoms with Crippen LogP contribution in [0, 0.1) is 0 Å². The van der Waals surface area contributed by atoms with E-state index in [0.717, 1.165) is 15.2 Å². The summed E-state index contributed by atoms with van der Waals surface area (Å²) in [5, 5.41) is 3.79. The summed E-state index contributed by atoms with van der Waals surface area (Å²) in [6, 6.07) is 8.19. The fourth-order valence-electron chi connectivity index (χ4n) is 2.92. The molecule has 7 heteroatoms. The molecule has 1 atom stereocenters. The number of ether oxygens (including phenoxy) is 1. The number of halogens is 1. The summed E-state index contributed by atoms with van der Waals surface area (Å²) in [4.78, 5) is 37.3. The molecule has 2 aromatic carbocycles. The second kappa shape index (κ2) is 4.54. The van der Waals surface area contributed by atoms with Crippen LogP contribution < -0.4 is 10.2 Å². The molecular weight excluding hydrogens is 352 g/mol. The predicted molar refractivity (Wildman–Crippen MR) is 81.7 cm³/mol. The van der Waals surface area contributed by atoms with Crippen molar-refractivity contribution in [3.63, 3.8) is 0 Å². The SMILES string of the molecule is O=C1NC(=O)C(N2C(=O)c3cccc4c(Br)ccc2c34)CO1. The first kappa shape index (κ1) is 13.3. The van der Waals surface area contributed by atoms with Crippen LogP contribution in [0.2, 0.25) is 0 Å². The zero-order chi connectivity index (χ0) is 15.4. The smallest absolute Gasteiger partial charge is 0.413 e. The van der Waals surface area contributed by atoms with Gasteiger partial charge in [0.1, 0.15) is 6.61 Å². The normalized spacial score (nSPS) is 20.3. The van der Waals surface area contributed by atoms with Gasteiger partial charge in [-0.25, -0.2) is 4.79 Å². The molecule has 4 rings (SSSR count). The van der Waals surface area contributed by atoms with Gasteiger partial charge in [-0.2, -0.15) is 0 Å². The molecule has 2 aliphatic rings. The van der Waals surface area contributed by atoms with Crippen LogP contribution in [0.1, 0.15) is 10.4 Å². The second-order valence-electron chi connectivity index (χ2n) is 5.07. The van der Waals surface area contributed by atoms with Gasteiger partial charge in [0.2, 0.25) is 0 Å². The number of anilines is 1. The summed E-state index contributed by atoms with van der Waals surface area (Å²) in [6.07, 6.45) is -0.786. The van der Waals surface area contributed by atoms with Crippen LogP contribution >= 0.6 is 15.9 Å². The highest BCUT2D eigenvalue weighted by atomic mass is 79.9. The number of hydrogen-bond donors (Lipinski definition) is 1. The van der Waals surface area contributed by atoms with E-state index < -0.39 is 18.0 Å². The molecule has 22 heavy (non-hydrogen) atoms. The van der Waals surface area contributed by atoms with Crippen molar-refractivity contribution < 1.29 is 19.1 Å². The third-order valence-corrected chi connectivity index (χ3v) is 4.58. The van der Waals surface area contributed by atoms with Crippen molar-refractivity contribution in [2.45, 2.75) is 6.04 Å². The van der Waals surface area contributed by atoms with E-state index in [4.69, 9.17) is 4.74 Å². The molecule has 0 saturated carbocycles. The summed E-state index contributed by atoms with van der Waals surface area (Å²) < 4.78 is 5.74. The third kappa shape index (κ3) is 1.69. The summed E-state index contributed by atoms with van der Waals surface area (Å²) in [7, 11) is 0. The predicted octanol–water partition coefficient (Wildman–Crippen LogP) is 2.20. The lowest BCUT2D eigenvalue weighted by Crippen LogP contribution is -2.56. The maximum atomic E-state index is 12.7. The molecule has 2 heterocycles. The van der Waals surface area contributed by atoms with E-state index in [0.29, 0.717) is 11.3 Å². The van der Waals surface area contributed by atoms with Crippen molar-refractivity contribution in [2.75, 3.05) is 11.5 Å². The lowest BCUT2D eigenvalue weighted by molar-refractivity contribution is -0.124. The Morgan fingerprint density at radius 3 is 2.77 bits per heavy atom. The molecule has 1 saturated heterocycles. The Morgan fingerprint density at radius 1 is 1.18 bits per heavy atom. The Hall–Kier alpha value is -2.41. The van der Waals surface area contributed by atoms with Crippen molar-refractivity contribution in [1.82, 2.24) is 5.32 Å². The Bertz CT molecular complexity index is 864. The Labute approximate surface area is 133 Å². The highest BCUT2D eigenvalue weighted by Crippen LogP contribution is 2.41. The van der Waals surface area contributed by atoms with Crippen molar-refractivity contribution >= 4 is 50.3 Å². The minimum Gasteiger partial charge on any atom is -0.446 e. The summed E-state index contributed by atoms with van der Waals surface area (Å²) >= 11 is 3.47. The van der Waals surface area contributed by atoms with E-state index in [-0.39, 0.29) is 12.5 Å². The minimum atomic E-state index is -0.859. The van der Waals surface area contributed by atoms with Gasteiger partial charge in [-0.1, -0.05) is 28.1 Å². The van der Waals surface area contributed by atoms with Gasteiger partial charge in [0.15, 0.2) is 6.04 Å². The molecule has 0 bridgehead atoms. The molecule has 1 unspecified atom stereocenters. The number of benzene rings is 2. The molecule has 1 fully saturated rings. The molecule has 1 N–H and O–H groups in total. The van der Waals surface area contributed by atoms with Gasteiger partial charge in [-0.15, -0.1) is 0 Å². The summed E-state index contributed by atoms with van der Waals surface area (Å²) in [5.74, 6) is -0.801. The lowest BCUT2D eigenvalue weighted by atomic mass is 10.1. The largest absolute Gasteiger partial charge is 0.446 e. The second-order valence-corrected chi connectivity index (χ2v) is 5.93. The number of nitrogens with one attached hydrogen (secondary N) is 1. The maximum Gasteiger partial charge on any atom is 0.413 e. The Balaban J connectivity index is 1.89. The number of carbonyl (C=O) groups is 3. The van der Waals surface area contributed by atoms with Crippen LogP contribution in [-0.4, -0.2) is 30.6 Å². The molecule has 0 spiro atoms. The van der Waals surface area contributed by atoms with E-state index in [9.17, 15) is 14.4 Å². The Morgan fingerprint density at radius 2 is 2.00 bits per heavy atom. The van der Waals surface area contributed by atoms with Crippen molar-refractivity contribution in [1.29, 1.82) is 0 Å². The highest BCUT2D eigenvalue weighted by Gasteiger charge is 2.41. The Kier molecular flexibility index (Phi) is 2.74. The van der Waals surface area contributed by atoms with Crippen LogP contribution in [0.3, 0.4) is 0 Å². The molecule has 3 amide bonds. The van der Waals surface area contributed by atoms with E-state index in [1.54, 1.807) is 18.2 Å². The summed E-state index contributed by atoms with van der Waals surface area (Å²) in [6.45, 7) is -0.151. The number of nitrogens with zero attached hydrogens (tertiary/aromatic N) is 1. The monoisotopic (exact) mass is 360 g/mol. The standard InChI is InChI=1S/C15H9BrN2O4/c16-9-4-5-10-12-7(9)2-1-3-8(12)14(20)18(10)11-6-22-15(21)17-13(11)19/h1-5,11H,6H2,(H,17,19,21). The van der Waals surface area contributed by atoms with E-state index in [2.05, 4.69) is 21.2 Å². The topological polar surface area (TPSA) is 75.7 Å². The zero-order valence-electron chi connectivity index (χ0n) is 11.1. The van der Waals surface area contributed by atoms with E-state index >= 15 is 0 Å². The van der Waals surface area contributed by atoms with Gasteiger partial charge < -0.3 is 4.74 Å². The van der Waals surface area contributed by atoms with Gasteiger partial charge in [-0.3, -0.25) is 19.8 Å². The lowest BCUT2D eigenvalue weighted by Gasteiger charge is -2.29. The number of amides is 3. The number of rotatable bonds is 1. The molecule has 2 aromatic rings. The number of hydrogen-bond acceptors (Lipinski definition) is 4. The van der Waals surface area contributed by atoms with Crippen molar-refractivity contribution in [2.24, 2.45) is 0 Å². The average Bonchev–Trinajstić information content (AvgIpc) is 2.78. The van der Waals surface area contributed by atoms with Gasteiger partial charge in [0, 0.05) is 15.4 Å². The fourth-order valence-corrected chi connectivity index (χ4v) is 3.38. The number of cyclic esters (lactones) is 1. The van der Waals surface area contributed by atoms with Crippen LogP contribution in [0.5, 0.6) is 0 Å². The molecule has 6 nitrogen and oxygen atoms in total. The zero-order valence-corrected chi connectivity index (χ0v) is 12.7. The molecule has 0 aromatic heterocycles. The first-order chi connectivity index (χ1) is 10.6. The molecule has 110 valence electrons. The van der Waals surface area contributed by atoms with Crippen LogP contribution in [0.15, 0.2) is 34.8 Å². The third-order valence-electron chi connectivity index (χ3n) is 3.89. The minimum absolute atomic E-state index is 0.151. The van der Waals surface area contributed by atoms with E-state index in [1.165, 1.54) is 4.90 Å². The first-order valence-corrected chi connectivity index (χ1v) is 7.39. The summed E-state index contributed by atoms with van der Waals surface area (Å²) in [5.41, 5.74) is 1.19. The van der Waals surface area contributed by atoms with Gasteiger partial charge >= 0.3 is 6.09 Å². The van der Waals surface area contributed by atoms with Crippen LogP contribution in [0.4, 0.5) is 10.5 Å². The maximum absolute atomic E-state index is 12.7. The highest BCUT2D eigenvalue weighted by molar-refractivity contribution is 9.10. The van der Waals surface area contributed by atoms with E-state index in [1.807, 2.05) is 12.1 Å². The van der Waals surface area contributed by atoms with Crippen LogP contribution in [-0.2, 0) is 9.53 Å². The molecule has 0 radical (unpaired) electrons.